The fourth-order valence-electron chi connectivity index (χ4n) is 3.28. The van der Waals surface area contributed by atoms with Gasteiger partial charge in [0, 0.05) is 24.2 Å². The molecule has 0 saturated carbocycles. The minimum absolute atomic E-state index is 0. The molecule has 1 aromatic carbocycles. The van der Waals surface area contributed by atoms with Gasteiger partial charge in [-0.25, -0.2) is 0 Å². The van der Waals surface area contributed by atoms with Gasteiger partial charge in [-0.05, 0) is 41.8 Å². The van der Waals surface area contributed by atoms with Gasteiger partial charge in [-0.1, -0.05) is 17.7 Å². The second kappa shape index (κ2) is 5.32. The molecule has 108 valence electrons. The summed E-state index contributed by atoms with van der Waals surface area (Å²) in [7, 11) is 0. The number of fused-ring (bicyclic) bond motifs is 4. The van der Waals surface area contributed by atoms with Crippen LogP contribution in [0.5, 0.6) is 0 Å². The minimum Gasteiger partial charge on any atom is -0.331 e. The molecule has 1 unspecified atom stereocenters. The van der Waals surface area contributed by atoms with Crippen LogP contribution in [0.3, 0.4) is 0 Å². The molecule has 0 radical (unpaired) electrons. The van der Waals surface area contributed by atoms with Crippen molar-refractivity contribution in [1.29, 1.82) is 0 Å². The third-order valence-electron chi connectivity index (χ3n) is 4.23. The molecule has 0 spiro atoms. The summed E-state index contributed by atoms with van der Waals surface area (Å²) in [5, 5.41) is 0.762. The van der Waals surface area contributed by atoms with Crippen LogP contribution in [0.15, 0.2) is 36.5 Å². The average Bonchev–Trinajstić information content (AvgIpc) is 2.47. The molecule has 3 heterocycles. The van der Waals surface area contributed by atoms with Crippen LogP contribution in [0.4, 0.5) is 0 Å². The van der Waals surface area contributed by atoms with Crippen LogP contribution in [0.2, 0.25) is 5.02 Å². The third kappa shape index (κ3) is 2.21. The number of halogens is 2. The Labute approximate surface area is 134 Å². The predicted molar refractivity (Wildman–Crippen MR) is 84.1 cm³/mol. The smallest absolute Gasteiger partial charge is 0.256 e. The van der Waals surface area contributed by atoms with E-state index in [0.29, 0.717) is 0 Å². The Kier molecular flexibility index (Phi) is 3.64. The molecule has 5 heteroatoms. The van der Waals surface area contributed by atoms with E-state index in [1.165, 1.54) is 11.1 Å². The number of carbonyl (C=O) groups is 1. The topological polar surface area (TPSA) is 33.2 Å². The van der Waals surface area contributed by atoms with Crippen molar-refractivity contribution in [1.82, 2.24) is 9.88 Å². The molecule has 3 nitrogen and oxygen atoms in total. The summed E-state index contributed by atoms with van der Waals surface area (Å²) in [4.78, 5) is 18.9. The normalized spacial score (nSPS) is 19.2. The van der Waals surface area contributed by atoms with Crippen molar-refractivity contribution in [2.24, 2.45) is 0 Å². The summed E-state index contributed by atoms with van der Waals surface area (Å²) in [5.74, 6) is 0.102. The van der Waals surface area contributed by atoms with Crippen molar-refractivity contribution in [3.63, 3.8) is 0 Å². The predicted octanol–water partition coefficient (Wildman–Crippen LogP) is 3.45. The number of benzene rings is 1. The lowest BCUT2D eigenvalue weighted by atomic mass is 9.86. The molecule has 4 rings (SSSR count). The van der Waals surface area contributed by atoms with Crippen molar-refractivity contribution in [2.75, 3.05) is 6.54 Å². The summed E-state index contributed by atoms with van der Waals surface area (Å²) < 4.78 is 0. The van der Waals surface area contributed by atoms with Gasteiger partial charge in [-0.3, -0.25) is 9.78 Å². The fourth-order valence-corrected chi connectivity index (χ4v) is 3.47. The zero-order valence-electron chi connectivity index (χ0n) is 11.3. The van der Waals surface area contributed by atoms with E-state index in [1.54, 1.807) is 6.20 Å². The van der Waals surface area contributed by atoms with Gasteiger partial charge in [0.2, 0.25) is 0 Å². The number of nitrogens with zero attached hydrogens (tertiary/aromatic N) is 2. The Morgan fingerprint density at radius 3 is 3.00 bits per heavy atom. The maximum atomic E-state index is 12.6. The Balaban J connectivity index is 0.00000132. The Morgan fingerprint density at radius 1 is 1.29 bits per heavy atom. The standard InChI is InChI=1S/C16H13ClN2O.ClH/c17-11-3-4-12-10(8-11)5-7-19-15(12)9-14-13(16(19)20)2-1-6-18-14;/h1-4,6,8,15H,5,7,9H2;1H. The molecule has 2 aromatic rings. The lowest BCUT2D eigenvalue weighted by molar-refractivity contribution is 0.0629. The third-order valence-corrected chi connectivity index (χ3v) is 4.47. The lowest BCUT2D eigenvalue weighted by Gasteiger charge is -2.40. The molecule has 1 aromatic heterocycles. The van der Waals surface area contributed by atoms with E-state index in [0.717, 1.165) is 35.7 Å². The van der Waals surface area contributed by atoms with Crippen molar-refractivity contribution in [3.8, 4) is 0 Å². The summed E-state index contributed by atoms with van der Waals surface area (Å²) in [6.45, 7) is 0.755. The molecule has 0 bridgehead atoms. The first kappa shape index (κ1) is 14.4. The first-order valence-electron chi connectivity index (χ1n) is 6.77. The molecule has 0 aliphatic carbocycles. The van der Waals surface area contributed by atoms with Crippen LogP contribution >= 0.6 is 24.0 Å². The van der Waals surface area contributed by atoms with Crippen LogP contribution in [0.25, 0.3) is 0 Å². The quantitative estimate of drug-likeness (QED) is 0.744. The molecule has 0 saturated heterocycles. The summed E-state index contributed by atoms with van der Waals surface area (Å²) in [6, 6.07) is 9.78. The second-order valence-corrected chi connectivity index (χ2v) is 5.75. The minimum atomic E-state index is 0. The second-order valence-electron chi connectivity index (χ2n) is 5.31. The molecule has 0 fully saturated rings. The summed E-state index contributed by atoms with van der Waals surface area (Å²) >= 11 is 6.07. The van der Waals surface area contributed by atoms with E-state index < -0.39 is 0 Å². The van der Waals surface area contributed by atoms with Crippen LogP contribution in [0.1, 0.15) is 33.2 Å². The first-order valence-corrected chi connectivity index (χ1v) is 7.15. The van der Waals surface area contributed by atoms with Crippen molar-refractivity contribution >= 4 is 29.9 Å². The van der Waals surface area contributed by atoms with Gasteiger partial charge in [0.1, 0.15) is 0 Å². The molecule has 1 atom stereocenters. The van der Waals surface area contributed by atoms with Crippen LogP contribution in [-0.4, -0.2) is 22.3 Å². The molecule has 1 amide bonds. The highest BCUT2D eigenvalue weighted by Crippen LogP contribution is 2.37. The van der Waals surface area contributed by atoms with E-state index in [2.05, 4.69) is 11.1 Å². The van der Waals surface area contributed by atoms with Crippen LogP contribution in [0, 0.1) is 0 Å². The monoisotopic (exact) mass is 320 g/mol. The maximum Gasteiger partial charge on any atom is 0.256 e. The molecule has 0 N–H and O–H groups in total. The fraction of sp³-hybridized carbons (Fsp3) is 0.250. The number of hydrogen-bond donors (Lipinski definition) is 0. The largest absolute Gasteiger partial charge is 0.331 e. The van der Waals surface area contributed by atoms with Crippen molar-refractivity contribution in [2.45, 2.75) is 18.9 Å². The number of aromatic nitrogens is 1. The zero-order chi connectivity index (χ0) is 13.7. The number of carbonyl (C=O) groups excluding carboxylic acids is 1. The van der Waals surface area contributed by atoms with Gasteiger partial charge < -0.3 is 4.90 Å². The van der Waals surface area contributed by atoms with Gasteiger partial charge in [0.15, 0.2) is 0 Å². The summed E-state index contributed by atoms with van der Waals surface area (Å²) in [5.41, 5.74) is 4.12. The van der Waals surface area contributed by atoms with E-state index in [1.807, 2.05) is 29.2 Å². The Morgan fingerprint density at radius 2 is 2.14 bits per heavy atom. The van der Waals surface area contributed by atoms with Gasteiger partial charge in [-0.2, -0.15) is 0 Å². The average molecular weight is 321 g/mol. The van der Waals surface area contributed by atoms with Gasteiger partial charge in [-0.15, -0.1) is 12.4 Å². The maximum absolute atomic E-state index is 12.6. The zero-order valence-corrected chi connectivity index (χ0v) is 12.8. The highest BCUT2D eigenvalue weighted by Gasteiger charge is 2.37. The lowest BCUT2D eigenvalue weighted by Crippen LogP contribution is -2.44. The van der Waals surface area contributed by atoms with E-state index in [-0.39, 0.29) is 24.4 Å². The summed E-state index contributed by atoms with van der Waals surface area (Å²) in [6.07, 6.45) is 3.41. The van der Waals surface area contributed by atoms with Crippen molar-refractivity contribution in [3.05, 3.63) is 63.9 Å². The first-order chi connectivity index (χ1) is 9.74. The van der Waals surface area contributed by atoms with Gasteiger partial charge in [0.25, 0.3) is 5.91 Å². The van der Waals surface area contributed by atoms with Crippen molar-refractivity contribution < 1.29 is 4.79 Å². The molecule has 21 heavy (non-hydrogen) atoms. The molecule has 2 aliphatic rings. The number of pyridine rings is 1. The van der Waals surface area contributed by atoms with Gasteiger partial charge in [0.05, 0.1) is 17.3 Å². The Hall–Kier alpha value is -1.58. The number of rotatable bonds is 0. The number of amides is 1. The molecular weight excluding hydrogens is 307 g/mol. The highest BCUT2D eigenvalue weighted by atomic mass is 35.5. The Bertz CT molecular complexity index is 717. The van der Waals surface area contributed by atoms with Crippen LogP contribution in [-0.2, 0) is 12.8 Å². The van der Waals surface area contributed by atoms with E-state index >= 15 is 0 Å². The number of hydrogen-bond acceptors (Lipinski definition) is 2. The molecule has 2 aliphatic heterocycles. The SMILES string of the molecule is Cl.O=C1c2cccnc2CC2c3ccc(Cl)cc3CCN12. The molecular formula is C16H14Cl2N2O. The van der Waals surface area contributed by atoms with E-state index in [9.17, 15) is 4.79 Å². The van der Waals surface area contributed by atoms with Crippen LogP contribution < -0.4 is 0 Å². The van der Waals surface area contributed by atoms with Gasteiger partial charge >= 0.3 is 0 Å². The highest BCUT2D eigenvalue weighted by molar-refractivity contribution is 6.30. The van der Waals surface area contributed by atoms with E-state index in [4.69, 9.17) is 11.6 Å².